The average molecular weight is 221 g/mol. The molecule has 0 aliphatic rings. The minimum absolute atomic E-state index is 0.182. The van der Waals surface area contributed by atoms with Crippen molar-refractivity contribution in [1.29, 1.82) is 0 Å². The van der Waals surface area contributed by atoms with E-state index in [9.17, 15) is 4.79 Å². The lowest BCUT2D eigenvalue weighted by Gasteiger charge is -2.16. The predicted molar refractivity (Wildman–Crippen MR) is 65.1 cm³/mol. The third kappa shape index (κ3) is 3.22. The summed E-state index contributed by atoms with van der Waals surface area (Å²) in [6, 6.07) is 3.61. The Kier molecular flexibility index (Phi) is 4.76. The molecule has 1 unspecified atom stereocenters. The average Bonchev–Trinajstić information content (AvgIpc) is 2.28. The van der Waals surface area contributed by atoms with Crippen molar-refractivity contribution < 1.29 is 4.79 Å². The number of hydrogen-bond donors (Lipinski definition) is 2. The first-order chi connectivity index (χ1) is 7.69. The van der Waals surface area contributed by atoms with Crippen molar-refractivity contribution in [2.75, 3.05) is 5.73 Å². The maximum atomic E-state index is 11.9. The molecular weight excluding hydrogens is 202 g/mol. The Morgan fingerprint density at radius 1 is 1.56 bits per heavy atom. The molecule has 0 bridgehead atoms. The molecule has 0 radical (unpaired) electrons. The van der Waals surface area contributed by atoms with Gasteiger partial charge in [-0.05, 0) is 25.0 Å². The number of nitrogens with zero attached hydrogens (tertiary/aromatic N) is 1. The zero-order valence-electron chi connectivity index (χ0n) is 9.86. The van der Waals surface area contributed by atoms with E-state index in [1.807, 2.05) is 0 Å². The Morgan fingerprint density at radius 3 is 2.88 bits per heavy atom. The number of carbonyl (C=O) groups is 1. The van der Waals surface area contributed by atoms with Crippen LogP contribution in [-0.4, -0.2) is 16.9 Å². The van der Waals surface area contributed by atoms with E-state index in [1.165, 1.54) is 0 Å². The maximum absolute atomic E-state index is 11.9. The number of nitrogens with two attached hydrogens (primary N) is 1. The van der Waals surface area contributed by atoms with E-state index < -0.39 is 0 Å². The van der Waals surface area contributed by atoms with Gasteiger partial charge in [0.1, 0.15) is 0 Å². The Morgan fingerprint density at radius 2 is 2.31 bits per heavy atom. The van der Waals surface area contributed by atoms with E-state index in [0.29, 0.717) is 11.4 Å². The van der Waals surface area contributed by atoms with Gasteiger partial charge in [-0.2, -0.15) is 0 Å². The van der Waals surface area contributed by atoms with E-state index in [0.717, 1.165) is 19.3 Å². The molecule has 0 fully saturated rings. The molecule has 88 valence electrons. The second-order valence-electron chi connectivity index (χ2n) is 3.81. The standard InChI is InChI=1S/C12H19N3O/c1-3-6-9(4-2)15-12(16)11-10(13)7-5-8-14-11/h5,7-9H,3-4,6,13H2,1-2H3,(H,15,16). The molecule has 0 saturated heterocycles. The molecule has 4 heteroatoms. The number of nitrogen functional groups attached to an aromatic ring is 1. The molecule has 16 heavy (non-hydrogen) atoms. The third-order valence-corrected chi connectivity index (χ3v) is 2.52. The highest BCUT2D eigenvalue weighted by molar-refractivity contribution is 5.97. The van der Waals surface area contributed by atoms with Gasteiger partial charge in [-0.25, -0.2) is 4.98 Å². The van der Waals surface area contributed by atoms with Crippen molar-refractivity contribution in [1.82, 2.24) is 10.3 Å². The summed E-state index contributed by atoms with van der Waals surface area (Å²) in [6.07, 6.45) is 4.53. The van der Waals surface area contributed by atoms with E-state index in [2.05, 4.69) is 24.1 Å². The highest BCUT2D eigenvalue weighted by Crippen LogP contribution is 2.08. The number of anilines is 1. The summed E-state index contributed by atoms with van der Waals surface area (Å²) in [5, 5.41) is 2.94. The SMILES string of the molecule is CCCC(CC)NC(=O)c1ncccc1N. The summed E-state index contributed by atoms with van der Waals surface area (Å²) in [6.45, 7) is 4.16. The van der Waals surface area contributed by atoms with Crippen LogP contribution in [0.3, 0.4) is 0 Å². The van der Waals surface area contributed by atoms with Crippen LogP contribution in [0.2, 0.25) is 0 Å². The summed E-state index contributed by atoms with van der Waals surface area (Å²) in [4.78, 5) is 15.8. The van der Waals surface area contributed by atoms with Crippen LogP contribution in [0.15, 0.2) is 18.3 Å². The Balaban J connectivity index is 2.68. The Hall–Kier alpha value is -1.58. The molecule has 1 rings (SSSR count). The number of pyridine rings is 1. The van der Waals surface area contributed by atoms with Crippen molar-refractivity contribution in [3.05, 3.63) is 24.0 Å². The van der Waals surface area contributed by atoms with Gasteiger partial charge in [0.05, 0.1) is 5.69 Å². The van der Waals surface area contributed by atoms with Crippen molar-refractivity contribution in [3.63, 3.8) is 0 Å². The quantitative estimate of drug-likeness (QED) is 0.798. The highest BCUT2D eigenvalue weighted by Gasteiger charge is 2.14. The first kappa shape index (κ1) is 12.5. The lowest BCUT2D eigenvalue weighted by molar-refractivity contribution is 0.0929. The molecule has 0 aromatic carbocycles. The summed E-state index contributed by atoms with van der Waals surface area (Å²) in [5.74, 6) is -0.182. The van der Waals surface area contributed by atoms with Crippen molar-refractivity contribution in [3.8, 4) is 0 Å². The minimum Gasteiger partial charge on any atom is -0.397 e. The van der Waals surface area contributed by atoms with Crippen molar-refractivity contribution in [2.45, 2.75) is 39.2 Å². The predicted octanol–water partition coefficient (Wildman–Crippen LogP) is 1.97. The molecule has 1 amide bonds. The summed E-state index contributed by atoms with van der Waals surface area (Å²) >= 11 is 0. The van der Waals surface area contributed by atoms with Gasteiger partial charge in [0.15, 0.2) is 5.69 Å². The Labute approximate surface area is 96.3 Å². The van der Waals surface area contributed by atoms with Crippen LogP contribution in [0.5, 0.6) is 0 Å². The monoisotopic (exact) mass is 221 g/mol. The van der Waals surface area contributed by atoms with Crippen LogP contribution in [0.1, 0.15) is 43.6 Å². The van der Waals surface area contributed by atoms with E-state index in [-0.39, 0.29) is 11.9 Å². The zero-order valence-corrected chi connectivity index (χ0v) is 9.86. The maximum Gasteiger partial charge on any atom is 0.272 e. The fourth-order valence-electron chi connectivity index (χ4n) is 1.59. The fraction of sp³-hybridized carbons (Fsp3) is 0.500. The molecule has 1 atom stereocenters. The number of carbonyl (C=O) groups excluding carboxylic acids is 1. The Bertz CT molecular complexity index is 352. The molecule has 1 aromatic rings. The first-order valence-corrected chi connectivity index (χ1v) is 5.70. The van der Waals surface area contributed by atoms with Crippen LogP contribution in [0.25, 0.3) is 0 Å². The van der Waals surface area contributed by atoms with Gasteiger partial charge < -0.3 is 11.1 Å². The van der Waals surface area contributed by atoms with Gasteiger partial charge in [-0.15, -0.1) is 0 Å². The molecule has 1 heterocycles. The minimum atomic E-state index is -0.182. The topological polar surface area (TPSA) is 68.0 Å². The number of nitrogens with one attached hydrogen (secondary N) is 1. The molecular formula is C12H19N3O. The molecule has 4 nitrogen and oxygen atoms in total. The van der Waals surface area contributed by atoms with Gasteiger partial charge in [0.25, 0.3) is 5.91 Å². The third-order valence-electron chi connectivity index (χ3n) is 2.52. The lowest BCUT2D eigenvalue weighted by Crippen LogP contribution is -2.35. The molecule has 0 aliphatic carbocycles. The van der Waals surface area contributed by atoms with Gasteiger partial charge in [-0.3, -0.25) is 4.79 Å². The van der Waals surface area contributed by atoms with Crippen LogP contribution < -0.4 is 11.1 Å². The molecule has 0 aliphatic heterocycles. The normalized spacial score (nSPS) is 12.1. The van der Waals surface area contributed by atoms with E-state index in [1.54, 1.807) is 18.3 Å². The summed E-state index contributed by atoms with van der Waals surface area (Å²) in [7, 11) is 0. The summed E-state index contributed by atoms with van der Waals surface area (Å²) < 4.78 is 0. The first-order valence-electron chi connectivity index (χ1n) is 5.70. The van der Waals surface area contributed by atoms with Gasteiger partial charge in [0, 0.05) is 12.2 Å². The number of hydrogen-bond acceptors (Lipinski definition) is 3. The lowest BCUT2D eigenvalue weighted by atomic mass is 10.1. The fourth-order valence-corrected chi connectivity index (χ4v) is 1.59. The largest absolute Gasteiger partial charge is 0.397 e. The van der Waals surface area contributed by atoms with Gasteiger partial charge in [-0.1, -0.05) is 20.3 Å². The van der Waals surface area contributed by atoms with Crippen LogP contribution >= 0.6 is 0 Å². The molecule has 3 N–H and O–H groups in total. The molecule has 1 aromatic heterocycles. The van der Waals surface area contributed by atoms with Gasteiger partial charge in [0.2, 0.25) is 0 Å². The molecule has 0 spiro atoms. The zero-order chi connectivity index (χ0) is 12.0. The number of rotatable bonds is 5. The highest BCUT2D eigenvalue weighted by atomic mass is 16.1. The van der Waals surface area contributed by atoms with Crippen LogP contribution in [0.4, 0.5) is 5.69 Å². The van der Waals surface area contributed by atoms with Crippen molar-refractivity contribution in [2.24, 2.45) is 0 Å². The second kappa shape index (κ2) is 6.10. The summed E-state index contributed by atoms with van der Waals surface area (Å²) in [5.41, 5.74) is 6.43. The molecule has 0 saturated carbocycles. The van der Waals surface area contributed by atoms with E-state index in [4.69, 9.17) is 5.73 Å². The number of amides is 1. The van der Waals surface area contributed by atoms with E-state index >= 15 is 0 Å². The smallest absolute Gasteiger partial charge is 0.272 e. The second-order valence-corrected chi connectivity index (χ2v) is 3.81. The van der Waals surface area contributed by atoms with Crippen molar-refractivity contribution >= 4 is 11.6 Å². The van der Waals surface area contributed by atoms with Crippen LogP contribution in [-0.2, 0) is 0 Å². The van der Waals surface area contributed by atoms with Gasteiger partial charge >= 0.3 is 0 Å². The number of aromatic nitrogens is 1. The van der Waals surface area contributed by atoms with Crippen LogP contribution in [0, 0.1) is 0 Å².